The highest BCUT2D eigenvalue weighted by atomic mass is 35.5. The van der Waals surface area contributed by atoms with E-state index >= 15 is 0 Å². The Kier molecular flexibility index (Phi) is 7.92. The molecular weight excluding hydrogens is 278 g/mol. The van der Waals surface area contributed by atoms with Gasteiger partial charge in [-0.2, -0.15) is 0 Å². The van der Waals surface area contributed by atoms with Crippen LogP contribution < -0.4 is 16.0 Å². The van der Waals surface area contributed by atoms with E-state index in [1.165, 1.54) is 12.8 Å². The molecule has 6 heteroatoms. The lowest BCUT2D eigenvalue weighted by atomic mass is 9.93. The van der Waals surface area contributed by atoms with Gasteiger partial charge >= 0.3 is 0 Å². The van der Waals surface area contributed by atoms with Gasteiger partial charge in [0.05, 0.1) is 0 Å². The zero-order chi connectivity index (χ0) is 13.5. The third kappa shape index (κ3) is 6.57. The van der Waals surface area contributed by atoms with Gasteiger partial charge in [0.25, 0.3) is 0 Å². The molecule has 0 bridgehead atoms. The summed E-state index contributed by atoms with van der Waals surface area (Å²) in [6.45, 7) is 3.26. The molecule has 1 saturated carbocycles. The monoisotopic (exact) mass is 303 g/mol. The summed E-state index contributed by atoms with van der Waals surface area (Å²) in [4.78, 5) is 23.0. The number of amides is 2. The van der Waals surface area contributed by atoms with Crippen molar-refractivity contribution in [1.29, 1.82) is 0 Å². The van der Waals surface area contributed by atoms with Crippen molar-refractivity contribution in [1.82, 2.24) is 16.0 Å². The lowest BCUT2D eigenvalue weighted by Crippen LogP contribution is -2.35. The fraction of sp³-hybridized carbons (Fsp3) is 0.857. The summed E-state index contributed by atoms with van der Waals surface area (Å²) in [5.74, 6) is 1.19. The first-order valence-corrected chi connectivity index (χ1v) is 7.51. The predicted octanol–water partition coefficient (Wildman–Crippen LogP) is 0.830. The minimum atomic E-state index is 0. The number of rotatable bonds is 7. The number of halogens is 1. The lowest BCUT2D eigenvalue weighted by molar-refractivity contribution is -0.123. The predicted molar refractivity (Wildman–Crippen MR) is 80.8 cm³/mol. The fourth-order valence-corrected chi connectivity index (χ4v) is 2.47. The van der Waals surface area contributed by atoms with Gasteiger partial charge in [-0.3, -0.25) is 9.59 Å². The molecule has 0 unspecified atom stereocenters. The first-order chi connectivity index (χ1) is 9.25. The van der Waals surface area contributed by atoms with Crippen LogP contribution >= 0.6 is 12.4 Å². The Morgan fingerprint density at radius 2 is 1.65 bits per heavy atom. The molecule has 5 nitrogen and oxygen atoms in total. The number of piperidine rings is 1. The minimum absolute atomic E-state index is 0. The molecule has 20 heavy (non-hydrogen) atoms. The maximum atomic E-state index is 11.6. The molecule has 0 spiro atoms. The molecule has 1 aliphatic heterocycles. The average molecular weight is 304 g/mol. The molecule has 0 aromatic rings. The van der Waals surface area contributed by atoms with Crippen molar-refractivity contribution in [3.63, 3.8) is 0 Å². The normalized spacial score (nSPS) is 19.0. The first kappa shape index (κ1) is 17.2. The van der Waals surface area contributed by atoms with Crippen molar-refractivity contribution in [2.75, 3.05) is 26.2 Å². The van der Waals surface area contributed by atoms with Crippen LogP contribution in [0.5, 0.6) is 0 Å². The van der Waals surface area contributed by atoms with Crippen molar-refractivity contribution >= 4 is 24.2 Å². The molecule has 0 aromatic heterocycles. The number of nitrogens with one attached hydrogen (secondary N) is 3. The largest absolute Gasteiger partial charge is 0.354 e. The first-order valence-electron chi connectivity index (χ1n) is 7.51. The average Bonchev–Trinajstić information content (AvgIpc) is 3.27. The third-order valence-corrected chi connectivity index (χ3v) is 3.93. The molecule has 0 aromatic carbocycles. The van der Waals surface area contributed by atoms with E-state index in [1.807, 2.05) is 0 Å². The molecule has 2 amide bonds. The highest BCUT2D eigenvalue weighted by Gasteiger charge is 2.28. The van der Waals surface area contributed by atoms with Gasteiger partial charge in [-0.1, -0.05) is 0 Å². The summed E-state index contributed by atoms with van der Waals surface area (Å²) in [5, 5.41) is 9.04. The number of carbonyl (C=O) groups is 2. The fourth-order valence-electron chi connectivity index (χ4n) is 2.47. The summed E-state index contributed by atoms with van der Waals surface area (Å²) in [6.07, 6.45) is 6.02. The van der Waals surface area contributed by atoms with Crippen LogP contribution in [0.3, 0.4) is 0 Å². The highest BCUT2D eigenvalue weighted by molar-refractivity contribution is 5.85. The molecular formula is C14H26ClN3O2. The second-order valence-electron chi connectivity index (χ2n) is 5.65. The Hall–Kier alpha value is -0.810. The van der Waals surface area contributed by atoms with Crippen molar-refractivity contribution in [3.8, 4) is 0 Å². The van der Waals surface area contributed by atoms with E-state index < -0.39 is 0 Å². The molecule has 116 valence electrons. The van der Waals surface area contributed by atoms with Gasteiger partial charge < -0.3 is 16.0 Å². The van der Waals surface area contributed by atoms with E-state index in [2.05, 4.69) is 16.0 Å². The smallest absolute Gasteiger partial charge is 0.223 e. The van der Waals surface area contributed by atoms with Crippen molar-refractivity contribution in [3.05, 3.63) is 0 Å². The molecule has 3 N–H and O–H groups in total. The molecule has 0 radical (unpaired) electrons. The van der Waals surface area contributed by atoms with E-state index in [-0.39, 0.29) is 30.1 Å². The quantitative estimate of drug-likeness (QED) is 0.610. The highest BCUT2D eigenvalue weighted by Crippen LogP contribution is 2.28. The van der Waals surface area contributed by atoms with Gasteiger partial charge in [0, 0.05) is 25.4 Å². The zero-order valence-corrected chi connectivity index (χ0v) is 12.8. The molecule has 2 aliphatic rings. The summed E-state index contributed by atoms with van der Waals surface area (Å²) in [7, 11) is 0. The molecule has 2 fully saturated rings. The molecule has 2 rings (SSSR count). The van der Waals surface area contributed by atoms with Gasteiger partial charge in [-0.25, -0.2) is 0 Å². The Labute approximate surface area is 127 Å². The van der Waals surface area contributed by atoms with E-state index in [4.69, 9.17) is 0 Å². The van der Waals surface area contributed by atoms with E-state index in [1.54, 1.807) is 0 Å². The Morgan fingerprint density at radius 3 is 2.30 bits per heavy atom. The second-order valence-corrected chi connectivity index (χ2v) is 5.65. The molecule has 1 heterocycles. The maximum absolute atomic E-state index is 11.6. The van der Waals surface area contributed by atoms with Crippen LogP contribution in [0.25, 0.3) is 0 Å². The number of hydrogen-bond acceptors (Lipinski definition) is 3. The summed E-state index contributed by atoms with van der Waals surface area (Å²) < 4.78 is 0. The van der Waals surface area contributed by atoms with Gasteiger partial charge in [0.1, 0.15) is 0 Å². The molecule has 1 saturated heterocycles. The topological polar surface area (TPSA) is 70.2 Å². The van der Waals surface area contributed by atoms with E-state index in [0.717, 1.165) is 32.4 Å². The van der Waals surface area contributed by atoms with Crippen LogP contribution in [0.2, 0.25) is 0 Å². The van der Waals surface area contributed by atoms with Crippen LogP contribution in [0, 0.1) is 11.8 Å². The zero-order valence-electron chi connectivity index (χ0n) is 12.0. The Balaban J connectivity index is 0.00000200. The van der Waals surface area contributed by atoms with Gasteiger partial charge in [0.2, 0.25) is 11.8 Å². The summed E-state index contributed by atoms with van der Waals surface area (Å²) >= 11 is 0. The maximum Gasteiger partial charge on any atom is 0.223 e. The van der Waals surface area contributed by atoms with Crippen molar-refractivity contribution in [2.45, 2.75) is 38.5 Å². The van der Waals surface area contributed by atoms with Gasteiger partial charge in [-0.15, -0.1) is 12.4 Å². The molecule has 0 atom stereocenters. The van der Waals surface area contributed by atoms with Crippen LogP contribution in [0.1, 0.15) is 38.5 Å². The van der Waals surface area contributed by atoms with E-state index in [9.17, 15) is 9.59 Å². The van der Waals surface area contributed by atoms with Gasteiger partial charge in [0.15, 0.2) is 0 Å². The van der Waals surface area contributed by atoms with Crippen LogP contribution in [0.4, 0.5) is 0 Å². The van der Waals surface area contributed by atoms with Crippen molar-refractivity contribution < 1.29 is 9.59 Å². The van der Waals surface area contributed by atoms with Crippen LogP contribution in [-0.4, -0.2) is 38.0 Å². The van der Waals surface area contributed by atoms with Crippen LogP contribution in [0.15, 0.2) is 0 Å². The number of hydrogen-bond donors (Lipinski definition) is 3. The number of carbonyl (C=O) groups excluding carboxylic acids is 2. The Bertz CT molecular complexity index is 316. The second kappa shape index (κ2) is 9.19. The summed E-state index contributed by atoms with van der Waals surface area (Å²) in [6, 6.07) is 0. The summed E-state index contributed by atoms with van der Waals surface area (Å²) in [5.41, 5.74) is 0. The molecule has 1 aliphatic carbocycles. The lowest BCUT2D eigenvalue weighted by Gasteiger charge is -2.22. The third-order valence-electron chi connectivity index (χ3n) is 3.93. The van der Waals surface area contributed by atoms with Crippen LogP contribution in [-0.2, 0) is 9.59 Å². The van der Waals surface area contributed by atoms with Gasteiger partial charge in [-0.05, 0) is 51.1 Å². The minimum Gasteiger partial charge on any atom is -0.354 e. The van der Waals surface area contributed by atoms with Crippen molar-refractivity contribution in [2.24, 2.45) is 11.8 Å². The Morgan fingerprint density at radius 1 is 1.00 bits per heavy atom. The van der Waals surface area contributed by atoms with E-state index in [0.29, 0.717) is 25.4 Å². The standard InChI is InChI=1S/C14H25N3O2.ClH/c18-13(4-1-11-5-7-15-8-6-11)16-9-10-17-14(19)12-2-3-12;/h11-12,15H,1-10H2,(H,16,18)(H,17,19);1H. The SMILES string of the molecule is Cl.O=C(CCC1CCNCC1)NCCNC(=O)C1CC1.